The first kappa shape index (κ1) is 15.2. The second-order valence-electron chi connectivity index (χ2n) is 4.17. The van der Waals surface area contributed by atoms with Gasteiger partial charge in [0.1, 0.15) is 0 Å². The van der Waals surface area contributed by atoms with E-state index in [4.69, 9.17) is 5.11 Å². The summed E-state index contributed by atoms with van der Waals surface area (Å²) < 4.78 is 23.3. The molecule has 5 nitrogen and oxygen atoms in total. The zero-order valence-corrected chi connectivity index (χ0v) is 11.8. The number of amides is 1. The molecule has 0 spiro atoms. The molecule has 1 N–H and O–H groups in total. The number of hydrogen-bond acceptors (Lipinski definition) is 3. The molecule has 1 aromatic carbocycles. The lowest BCUT2D eigenvalue weighted by atomic mass is 10.1. The lowest BCUT2D eigenvalue weighted by Crippen LogP contribution is -2.26. The van der Waals surface area contributed by atoms with Crippen LogP contribution in [0.15, 0.2) is 35.7 Å². The van der Waals surface area contributed by atoms with Crippen molar-refractivity contribution < 1.29 is 18.3 Å². The van der Waals surface area contributed by atoms with Gasteiger partial charge in [0.2, 0.25) is 0 Å². The van der Waals surface area contributed by atoms with Gasteiger partial charge < -0.3 is 10.0 Å². The van der Waals surface area contributed by atoms with Gasteiger partial charge in [-0.2, -0.15) is 0 Å². The van der Waals surface area contributed by atoms with Gasteiger partial charge in [0.25, 0.3) is 0 Å². The molecule has 19 heavy (non-hydrogen) atoms. The van der Waals surface area contributed by atoms with Crippen molar-refractivity contribution in [2.75, 3.05) is 19.3 Å². The summed E-state index contributed by atoms with van der Waals surface area (Å²) in [6, 6.07) is 6.31. The Balaban J connectivity index is 2.88. The van der Waals surface area contributed by atoms with E-state index in [1.807, 2.05) is 0 Å². The molecule has 0 atom stereocenters. The van der Waals surface area contributed by atoms with E-state index in [1.165, 1.54) is 19.2 Å². The molecule has 104 valence electrons. The summed E-state index contributed by atoms with van der Waals surface area (Å²) in [5, 5.41) is 8.77. The first-order valence-electron chi connectivity index (χ1n) is 5.73. The van der Waals surface area contributed by atoms with Crippen LogP contribution in [0, 0.1) is 0 Å². The summed E-state index contributed by atoms with van der Waals surface area (Å²) in [6.07, 6.45) is -1.04. The van der Waals surface area contributed by atoms with Crippen molar-refractivity contribution in [3.05, 3.63) is 36.4 Å². The minimum atomic E-state index is -3.21. The Hall–Kier alpha value is -1.82. The fourth-order valence-electron chi connectivity index (χ4n) is 1.51. The SMILES string of the molecule is C=C(CN(C)C(=O)O)c1ccc(S(=O)(=O)CC)cc1. The van der Waals surface area contributed by atoms with Crippen molar-refractivity contribution in [2.24, 2.45) is 0 Å². The number of hydrogen-bond donors (Lipinski definition) is 1. The van der Waals surface area contributed by atoms with E-state index in [0.29, 0.717) is 5.57 Å². The molecule has 0 aliphatic carbocycles. The second-order valence-corrected chi connectivity index (χ2v) is 6.45. The lowest BCUT2D eigenvalue weighted by molar-refractivity contribution is 0.161. The molecule has 0 unspecified atom stereocenters. The zero-order chi connectivity index (χ0) is 14.6. The molecule has 6 heteroatoms. The van der Waals surface area contributed by atoms with Crippen molar-refractivity contribution in [3.8, 4) is 0 Å². The van der Waals surface area contributed by atoms with Crippen LogP contribution in [-0.2, 0) is 9.84 Å². The molecular weight excluding hydrogens is 266 g/mol. The Morgan fingerprint density at radius 3 is 2.26 bits per heavy atom. The second kappa shape index (κ2) is 5.88. The lowest BCUT2D eigenvalue weighted by Gasteiger charge is -2.15. The third-order valence-electron chi connectivity index (χ3n) is 2.76. The maximum Gasteiger partial charge on any atom is 0.407 e. The monoisotopic (exact) mass is 283 g/mol. The average molecular weight is 283 g/mol. The van der Waals surface area contributed by atoms with Crippen LogP contribution in [0.3, 0.4) is 0 Å². The highest BCUT2D eigenvalue weighted by Gasteiger charge is 2.12. The average Bonchev–Trinajstić information content (AvgIpc) is 2.38. The van der Waals surface area contributed by atoms with Crippen LogP contribution in [0.2, 0.25) is 0 Å². The quantitative estimate of drug-likeness (QED) is 0.898. The number of carbonyl (C=O) groups is 1. The van der Waals surface area contributed by atoms with Crippen LogP contribution < -0.4 is 0 Å². The van der Waals surface area contributed by atoms with E-state index < -0.39 is 15.9 Å². The maximum absolute atomic E-state index is 11.6. The van der Waals surface area contributed by atoms with Gasteiger partial charge in [-0.05, 0) is 23.3 Å². The molecule has 1 aromatic rings. The van der Waals surface area contributed by atoms with Gasteiger partial charge in [0, 0.05) is 13.6 Å². The van der Waals surface area contributed by atoms with E-state index in [9.17, 15) is 13.2 Å². The number of carboxylic acid groups (broad SMARTS) is 1. The summed E-state index contributed by atoms with van der Waals surface area (Å²) >= 11 is 0. The first-order valence-corrected chi connectivity index (χ1v) is 7.38. The Morgan fingerprint density at radius 2 is 1.84 bits per heavy atom. The fourth-order valence-corrected chi connectivity index (χ4v) is 2.39. The Morgan fingerprint density at radius 1 is 1.32 bits per heavy atom. The van der Waals surface area contributed by atoms with Crippen LogP contribution in [0.4, 0.5) is 4.79 Å². The van der Waals surface area contributed by atoms with Crippen LogP contribution in [-0.4, -0.2) is 43.9 Å². The largest absolute Gasteiger partial charge is 0.465 e. The Kier molecular flexibility index (Phi) is 4.72. The van der Waals surface area contributed by atoms with Gasteiger partial charge in [0.15, 0.2) is 9.84 Å². The predicted molar refractivity (Wildman–Crippen MR) is 73.9 cm³/mol. The van der Waals surface area contributed by atoms with Gasteiger partial charge in [-0.25, -0.2) is 13.2 Å². The van der Waals surface area contributed by atoms with Crippen molar-refractivity contribution in [1.29, 1.82) is 0 Å². The molecule has 0 fully saturated rings. The molecule has 0 heterocycles. The third kappa shape index (κ3) is 3.82. The van der Waals surface area contributed by atoms with Gasteiger partial charge in [-0.15, -0.1) is 0 Å². The Labute approximate surface area is 113 Å². The topological polar surface area (TPSA) is 74.7 Å². The van der Waals surface area contributed by atoms with E-state index in [2.05, 4.69) is 6.58 Å². The first-order chi connectivity index (χ1) is 8.77. The molecule has 1 amide bonds. The molecule has 0 aliphatic heterocycles. The summed E-state index contributed by atoms with van der Waals surface area (Å²) in [5.41, 5.74) is 1.34. The van der Waals surface area contributed by atoms with Crippen molar-refractivity contribution in [1.82, 2.24) is 4.90 Å². The predicted octanol–water partition coefficient (Wildman–Crippen LogP) is 2.10. The number of benzene rings is 1. The van der Waals surface area contributed by atoms with Crippen LogP contribution in [0.1, 0.15) is 12.5 Å². The van der Waals surface area contributed by atoms with Crippen molar-refractivity contribution >= 4 is 21.5 Å². The van der Waals surface area contributed by atoms with Gasteiger partial charge in [-0.3, -0.25) is 0 Å². The van der Waals surface area contributed by atoms with Gasteiger partial charge in [-0.1, -0.05) is 25.6 Å². The van der Waals surface area contributed by atoms with Gasteiger partial charge in [0.05, 0.1) is 10.6 Å². The normalized spacial score (nSPS) is 11.1. The summed E-state index contributed by atoms with van der Waals surface area (Å²) in [5.74, 6) is 0.0506. The third-order valence-corrected chi connectivity index (χ3v) is 4.51. The minimum Gasteiger partial charge on any atom is -0.465 e. The molecule has 0 saturated carbocycles. The fraction of sp³-hybridized carbons (Fsp3) is 0.308. The molecule has 0 aromatic heterocycles. The van der Waals surface area contributed by atoms with Crippen LogP contribution >= 0.6 is 0 Å². The summed E-state index contributed by atoms with van der Waals surface area (Å²) in [6.45, 7) is 5.57. The number of sulfone groups is 1. The van der Waals surface area contributed by atoms with Crippen molar-refractivity contribution in [3.63, 3.8) is 0 Å². The standard InChI is InChI=1S/C13H17NO4S/c1-4-19(17,18)12-7-5-11(6-8-12)10(2)9-14(3)13(15)16/h5-8H,2,4,9H2,1,3H3,(H,15,16). The molecule has 0 bridgehead atoms. The number of likely N-dealkylation sites (N-methyl/N-ethyl adjacent to an activating group) is 1. The van der Waals surface area contributed by atoms with Crippen LogP contribution in [0.5, 0.6) is 0 Å². The van der Waals surface area contributed by atoms with Gasteiger partial charge >= 0.3 is 6.09 Å². The summed E-state index contributed by atoms with van der Waals surface area (Å²) in [7, 11) is -1.76. The molecular formula is C13H17NO4S. The van der Waals surface area contributed by atoms with Crippen molar-refractivity contribution in [2.45, 2.75) is 11.8 Å². The van der Waals surface area contributed by atoms with E-state index in [0.717, 1.165) is 10.5 Å². The number of rotatable bonds is 5. The molecule has 0 radical (unpaired) electrons. The smallest absolute Gasteiger partial charge is 0.407 e. The van der Waals surface area contributed by atoms with E-state index in [1.54, 1.807) is 19.1 Å². The Bertz CT molecular complexity index is 575. The highest BCUT2D eigenvalue weighted by Crippen LogP contribution is 2.17. The highest BCUT2D eigenvalue weighted by atomic mass is 32.2. The minimum absolute atomic E-state index is 0.0506. The molecule has 1 rings (SSSR count). The molecule has 0 aliphatic rings. The van der Waals surface area contributed by atoms with E-state index in [-0.39, 0.29) is 17.2 Å². The maximum atomic E-state index is 11.6. The highest BCUT2D eigenvalue weighted by molar-refractivity contribution is 7.91. The number of nitrogens with zero attached hydrogens (tertiary/aromatic N) is 1. The zero-order valence-electron chi connectivity index (χ0n) is 11.0. The van der Waals surface area contributed by atoms with Crippen LogP contribution in [0.25, 0.3) is 5.57 Å². The summed E-state index contributed by atoms with van der Waals surface area (Å²) in [4.78, 5) is 12.1. The van der Waals surface area contributed by atoms with E-state index >= 15 is 0 Å². The molecule has 0 saturated heterocycles.